The molecule has 4 nitrogen and oxygen atoms in total. The van der Waals surface area contributed by atoms with E-state index in [1.165, 1.54) is 12.1 Å². The van der Waals surface area contributed by atoms with Crippen LogP contribution in [0.4, 0.5) is 4.39 Å². The molecule has 2 aromatic carbocycles. The molecule has 2 aromatic rings. The minimum Gasteiger partial charge on any atom is -0.350 e. The summed E-state index contributed by atoms with van der Waals surface area (Å²) in [5.41, 5.74) is 2.47. The van der Waals surface area contributed by atoms with E-state index in [4.69, 9.17) is 0 Å². The van der Waals surface area contributed by atoms with Gasteiger partial charge >= 0.3 is 0 Å². The Morgan fingerprint density at radius 1 is 1.19 bits per heavy atom. The number of hydrogen-bond acceptors (Lipinski definition) is 3. The Morgan fingerprint density at radius 3 is 2.62 bits per heavy atom. The molecule has 0 saturated carbocycles. The third-order valence-corrected chi connectivity index (χ3v) is 6.46. The summed E-state index contributed by atoms with van der Waals surface area (Å²) in [6.07, 6.45) is 0. The first-order chi connectivity index (χ1) is 12.4. The van der Waals surface area contributed by atoms with Crippen LogP contribution in [0.5, 0.6) is 0 Å². The normalized spacial score (nSPS) is 22.9. The number of carbonyl (C=O) groups excluding carboxylic acids is 2. The highest BCUT2D eigenvalue weighted by Gasteiger charge is 2.57. The van der Waals surface area contributed by atoms with E-state index in [0.717, 1.165) is 11.1 Å². The lowest BCUT2D eigenvalue weighted by atomic mass is 10.0. The van der Waals surface area contributed by atoms with Gasteiger partial charge in [-0.05, 0) is 43.2 Å². The van der Waals surface area contributed by atoms with Crippen LogP contribution >= 0.6 is 11.8 Å². The van der Waals surface area contributed by atoms with Gasteiger partial charge in [0.15, 0.2) is 0 Å². The summed E-state index contributed by atoms with van der Waals surface area (Å²) in [5, 5.41) is 2.78. The molecule has 0 bridgehead atoms. The zero-order chi connectivity index (χ0) is 18.5. The molecule has 2 amide bonds. The molecule has 0 spiro atoms. The van der Waals surface area contributed by atoms with E-state index in [-0.39, 0.29) is 23.0 Å². The topological polar surface area (TPSA) is 49.4 Å². The molecule has 2 aliphatic heterocycles. The van der Waals surface area contributed by atoms with Crippen LogP contribution < -0.4 is 5.32 Å². The number of nitrogens with zero attached hydrogens (tertiary/aromatic N) is 1. The number of amides is 2. The van der Waals surface area contributed by atoms with Crippen LogP contribution in [-0.2, 0) is 11.3 Å². The Labute approximate surface area is 155 Å². The fourth-order valence-electron chi connectivity index (χ4n) is 3.69. The van der Waals surface area contributed by atoms with Gasteiger partial charge in [0.2, 0.25) is 5.91 Å². The predicted octanol–water partition coefficient (Wildman–Crippen LogP) is 3.49. The van der Waals surface area contributed by atoms with Crippen LogP contribution in [0.25, 0.3) is 0 Å². The Morgan fingerprint density at radius 2 is 1.88 bits per heavy atom. The van der Waals surface area contributed by atoms with Crippen LogP contribution in [0.1, 0.15) is 40.7 Å². The van der Waals surface area contributed by atoms with Crippen molar-refractivity contribution in [2.75, 3.05) is 0 Å². The third kappa shape index (κ3) is 2.69. The van der Waals surface area contributed by atoms with Crippen LogP contribution in [-0.4, -0.2) is 27.5 Å². The fourth-order valence-corrected chi connectivity index (χ4v) is 5.28. The van der Waals surface area contributed by atoms with E-state index >= 15 is 0 Å². The number of rotatable bonds is 3. The molecule has 26 heavy (non-hydrogen) atoms. The van der Waals surface area contributed by atoms with Gasteiger partial charge in [-0.25, -0.2) is 4.39 Å². The van der Waals surface area contributed by atoms with Crippen molar-refractivity contribution in [1.29, 1.82) is 0 Å². The molecule has 134 valence electrons. The molecule has 0 aliphatic carbocycles. The maximum absolute atomic E-state index is 13.0. The van der Waals surface area contributed by atoms with Gasteiger partial charge in [-0.3, -0.25) is 9.59 Å². The summed E-state index contributed by atoms with van der Waals surface area (Å²) in [4.78, 5) is 27.5. The average molecular weight is 370 g/mol. The number of hydrogen-bond donors (Lipinski definition) is 1. The molecule has 0 unspecified atom stereocenters. The number of thioether (sulfide) groups is 1. The fraction of sp³-hybridized carbons (Fsp3) is 0.300. The third-order valence-electron chi connectivity index (χ3n) is 4.92. The standard InChI is InChI=1S/C20H19FN2O2S/c1-20(2)16(17(24)22-11-12-7-9-13(21)10-8-12)23-18(25)14-5-3-4-6-15(14)19(23)26-20/h3-10,16,19H,11H2,1-2H3,(H,22,24)/t16-,19+/m1/s1. The van der Waals surface area contributed by atoms with Crippen molar-refractivity contribution in [2.45, 2.75) is 36.6 Å². The first-order valence-corrected chi connectivity index (χ1v) is 9.38. The van der Waals surface area contributed by atoms with Crippen molar-refractivity contribution in [3.63, 3.8) is 0 Å². The summed E-state index contributed by atoms with van der Waals surface area (Å²) in [6, 6.07) is 13.0. The SMILES string of the molecule is CC1(C)S[C@H]2c3ccccc3C(=O)N2[C@@H]1C(=O)NCc1ccc(F)cc1. The highest BCUT2D eigenvalue weighted by atomic mass is 32.2. The van der Waals surface area contributed by atoms with Crippen molar-refractivity contribution < 1.29 is 14.0 Å². The summed E-state index contributed by atoms with van der Waals surface area (Å²) in [7, 11) is 0. The molecule has 1 N–H and O–H groups in total. The lowest BCUT2D eigenvalue weighted by Gasteiger charge is -2.29. The quantitative estimate of drug-likeness (QED) is 0.900. The highest BCUT2D eigenvalue weighted by Crippen LogP contribution is 2.56. The summed E-state index contributed by atoms with van der Waals surface area (Å²) in [6.45, 7) is 4.29. The van der Waals surface area contributed by atoms with Crippen molar-refractivity contribution in [1.82, 2.24) is 10.2 Å². The number of halogens is 1. The zero-order valence-corrected chi connectivity index (χ0v) is 15.3. The molecule has 0 radical (unpaired) electrons. The van der Waals surface area contributed by atoms with E-state index in [1.807, 2.05) is 38.1 Å². The van der Waals surface area contributed by atoms with Crippen molar-refractivity contribution in [2.24, 2.45) is 0 Å². The molecule has 6 heteroatoms. The van der Waals surface area contributed by atoms with Gasteiger partial charge < -0.3 is 10.2 Å². The second kappa shape index (κ2) is 6.13. The van der Waals surface area contributed by atoms with E-state index in [0.29, 0.717) is 12.1 Å². The molecule has 1 fully saturated rings. The molecular formula is C20H19FN2O2S. The van der Waals surface area contributed by atoms with Gasteiger partial charge in [0.05, 0.1) is 0 Å². The lowest BCUT2D eigenvalue weighted by Crippen LogP contribution is -2.52. The molecule has 0 aromatic heterocycles. The summed E-state index contributed by atoms with van der Waals surface area (Å²) < 4.78 is 12.6. The zero-order valence-electron chi connectivity index (χ0n) is 14.5. The van der Waals surface area contributed by atoms with Crippen LogP contribution in [0.2, 0.25) is 0 Å². The van der Waals surface area contributed by atoms with Gasteiger partial charge in [0.25, 0.3) is 5.91 Å². The summed E-state index contributed by atoms with van der Waals surface area (Å²) in [5.74, 6) is -0.585. The molecule has 2 atom stereocenters. The van der Waals surface area contributed by atoms with E-state index in [1.54, 1.807) is 28.8 Å². The Balaban J connectivity index is 1.56. The first kappa shape index (κ1) is 17.1. The van der Waals surface area contributed by atoms with Crippen LogP contribution in [0, 0.1) is 5.82 Å². The Hall–Kier alpha value is -2.34. The highest BCUT2D eigenvalue weighted by molar-refractivity contribution is 8.01. The van der Waals surface area contributed by atoms with Gasteiger partial charge in [0, 0.05) is 16.9 Å². The molecule has 1 saturated heterocycles. The maximum atomic E-state index is 13.0. The molecule has 4 rings (SSSR count). The number of benzene rings is 2. The monoisotopic (exact) mass is 370 g/mol. The average Bonchev–Trinajstić information content (AvgIpc) is 3.04. The first-order valence-electron chi connectivity index (χ1n) is 8.50. The summed E-state index contributed by atoms with van der Waals surface area (Å²) >= 11 is 1.64. The van der Waals surface area contributed by atoms with Crippen LogP contribution in [0.3, 0.4) is 0 Å². The molecule has 2 heterocycles. The van der Waals surface area contributed by atoms with Gasteiger partial charge in [-0.15, -0.1) is 11.8 Å². The largest absolute Gasteiger partial charge is 0.350 e. The number of carbonyl (C=O) groups is 2. The number of fused-ring (bicyclic) bond motifs is 3. The van der Waals surface area contributed by atoms with Crippen molar-refractivity contribution in [3.05, 3.63) is 71.0 Å². The van der Waals surface area contributed by atoms with Gasteiger partial charge in [0.1, 0.15) is 17.2 Å². The van der Waals surface area contributed by atoms with Crippen molar-refractivity contribution >= 4 is 23.6 Å². The minimum atomic E-state index is -0.558. The van der Waals surface area contributed by atoms with Gasteiger partial charge in [-0.2, -0.15) is 0 Å². The molecule has 2 aliphatic rings. The Bertz CT molecular complexity index is 882. The maximum Gasteiger partial charge on any atom is 0.256 e. The van der Waals surface area contributed by atoms with Crippen molar-refractivity contribution in [3.8, 4) is 0 Å². The predicted molar refractivity (Wildman–Crippen MR) is 99.1 cm³/mol. The lowest BCUT2D eigenvalue weighted by molar-refractivity contribution is -0.126. The van der Waals surface area contributed by atoms with Crippen LogP contribution in [0.15, 0.2) is 48.5 Å². The van der Waals surface area contributed by atoms with Gasteiger partial charge in [-0.1, -0.05) is 30.3 Å². The van der Waals surface area contributed by atoms with E-state index in [9.17, 15) is 14.0 Å². The Kier molecular flexibility index (Phi) is 4.03. The number of nitrogens with one attached hydrogen (secondary N) is 1. The van der Waals surface area contributed by atoms with E-state index < -0.39 is 10.8 Å². The second-order valence-electron chi connectivity index (χ2n) is 7.12. The van der Waals surface area contributed by atoms with E-state index in [2.05, 4.69) is 5.32 Å². The smallest absolute Gasteiger partial charge is 0.256 e. The molecular weight excluding hydrogens is 351 g/mol. The minimum absolute atomic E-state index is 0.0920. The second-order valence-corrected chi connectivity index (χ2v) is 8.85.